The lowest BCUT2D eigenvalue weighted by atomic mass is 9.97. The Hall–Kier alpha value is -2.00. The number of esters is 1. The van der Waals surface area contributed by atoms with E-state index in [0.717, 1.165) is 49.2 Å². The van der Waals surface area contributed by atoms with Crippen LogP contribution in [0.3, 0.4) is 0 Å². The highest BCUT2D eigenvalue weighted by atomic mass is 35.5. The van der Waals surface area contributed by atoms with Gasteiger partial charge in [0.1, 0.15) is 16.9 Å². The number of halogens is 1. The standard InChI is InChI=1S/C33H49ClO3/c1-5-6-7-8-9-10-11-12-13-25-36-30-21-17-28(18-22-30)29-19-23-31(24-20-29)37-33(35)32(34)27(4)16-14-15-26(2)3/h17-24,26-27,32H,5-16,25H2,1-4H3. The molecular formula is C33H49ClO3. The van der Waals surface area contributed by atoms with Crippen molar-refractivity contribution in [3.05, 3.63) is 48.5 Å². The lowest BCUT2D eigenvalue weighted by Gasteiger charge is -2.17. The molecule has 0 N–H and O–H groups in total. The van der Waals surface area contributed by atoms with Gasteiger partial charge in [-0.1, -0.05) is 116 Å². The molecule has 0 spiro atoms. The Bertz CT molecular complexity index is 860. The van der Waals surface area contributed by atoms with E-state index in [0.29, 0.717) is 11.7 Å². The van der Waals surface area contributed by atoms with Crippen LogP contribution in [0.5, 0.6) is 11.5 Å². The predicted molar refractivity (Wildman–Crippen MR) is 158 cm³/mol. The summed E-state index contributed by atoms with van der Waals surface area (Å²) in [7, 11) is 0. The summed E-state index contributed by atoms with van der Waals surface area (Å²) in [6, 6.07) is 15.8. The fraction of sp³-hybridized carbons (Fsp3) is 0.606. The average molecular weight is 529 g/mol. The Balaban J connectivity index is 1.70. The molecule has 2 rings (SSSR count). The van der Waals surface area contributed by atoms with Gasteiger partial charge in [-0.25, -0.2) is 0 Å². The van der Waals surface area contributed by atoms with Crippen LogP contribution in [0.25, 0.3) is 11.1 Å². The van der Waals surface area contributed by atoms with Gasteiger partial charge in [0.25, 0.3) is 0 Å². The third kappa shape index (κ3) is 12.9. The second kappa shape index (κ2) is 18.3. The molecule has 0 aliphatic carbocycles. The van der Waals surface area contributed by atoms with Gasteiger partial charge in [0.05, 0.1) is 6.61 Å². The van der Waals surface area contributed by atoms with Crippen molar-refractivity contribution in [3.8, 4) is 22.6 Å². The quantitative estimate of drug-likeness (QED) is 0.0786. The highest BCUT2D eigenvalue weighted by molar-refractivity contribution is 6.30. The number of hydrogen-bond acceptors (Lipinski definition) is 3. The number of carbonyl (C=O) groups excluding carboxylic acids is 1. The fourth-order valence-electron chi connectivity index (χ4n) is 4.46. The zero-order valence-corrected chi connectivity index (χ0v) is 24.4. The normalized spacial score (nSPS) is 12.9. The first-order valence-electron chi connectivity index (χ1n) is 14.6. The number of carbonyl (C=O) groups is 1. The predicted octanol–water partition coefficient (Wildman–Crippen LogP) is 10.2. The van der Waals surface area contributed by atoms with Crippen molar-refractivity contribution in [1.29, 1.82) is 0 Å². The maximum absolute atomic E-state index is 12.5. The molecule has 2 aromatic carbocycles. The summed E-state index contributed by atoms with van der Waals surface area (Å²) in [5.74, 6) is 1.81. The van der Waals surface area contributed by atoms with Gasteiger partial charge >= 0.3 is 5.97 Å². The van der Waals surface area contributed by atoms with E-state index in [4.69, 9.17) is 21.1 Å². The molecule has 0 saturated heterocycles. The average Bonchev–Trinajstić information content (AvgIpc) is 2.90. The molecule has 37 heavy (non-hydrogen) atoms. The third-order valence-electron chi connectivity index (χ3n) is 6.94. The van der Waals surface area contributed by atoms with Crippen LogP contribution in [0.1, 0.15) is 105 Å². The van der Waals surface area contributed by atoms with Gasteiger partial charge in [-0.15, -0.1) is 11.6 Å². The van der Waals surface area contributed by atoms with Gasteiger partial charge in [0.15, 0.2) is 0 Å². The van der Waals surface area contributed by atoms with Crippen molar-refractivity contribution in [2.45, 2.75) is 110 Å². The van der Waals surface area contributed by atoms with Crippen LogP contribution < -0.4 is 9.47 Å². The molecule has 0 aliphatic heterocycles. The highest BCUT2D eigenvalue weighted by Gasteiger charge is 2.24. The van der Waals surface area contributed by atoms with Gasteiger partial charge in [-0.3, -0.25) is 4.79 Å². The maximum atomic E-state index is 12.5. The summed E-state index contributed by atoms with van der Waals surface area (Å²) >= 11 is 6.39. The van der Waals surface area contributed by atoms with Crippen molar-refractivity contribution in [2.75, 3.05) is 6.61 Å². The first-order valence-corrected chi connectivity index (χ1v) is 15.0. The van der Waals surface area contributed by atoms with Gasteiger partial charge < -0.3 is 9.47 Å². The van der Waals surface area contributed by atoms with Crippen LogP contribution in [0.15, 0.2) is 48.5 Å². The number of ether oxygens (including phenoxy) is 2. The molecule has 0 bridgehead atoms. The second-order valence-corrected chi connectivity index (χ2v) is 11.3. The summed E-state index contributed by atoms with van der Waals surface area (Å²) < 4.78 is 11.5. The van der Waals surface area contributed by atoms with E-state index < -0.39 is 5.38 Å². The van der Waals surface area contributed by atoms with Crippen LogP contribution in [-0.2, 0) is 4.79 Å². The van der Waals surface area contributed by atoms with E-state index in [9.17, 15) is 4.79 Å². The van der Waals surface area contributed by atoms with E-state index in [1.165, 1.54) is 51.4 Å². The lowest BCUT2D eigenvalue weighted by molar-refractivity contribution is -0.134. The zero-order valence-electron chi connectivity index (χ0n) is 23.6. The Labute approximate surface area is 231 Å². The summed E-state index contributed by atoms with van der Waals surface area (Å²) in [6.07, 6.45) is 15.0. The minimum atomic E-state index is -0.630. The minimum absolute atomic E-state index is 0.0910. The largest absolute Gasteiger partial charge is 0.494 e. The molecule has 4 heteroatoms. The highest BCUT2D eigenvalue weighted by Crippen LogP contribution is 2.26. The molecule has 0 saturated carbocycles. The van der Waals surface area contributed by atoms with E-state index in [2.05, 4.69) is 32.9 Å². The van der Waals surface area contributed by atoms with Crippen LogP contribution in [0, 0.1) is 11.8 Å². The van der Waals surface area contributed by atoms with E-state index >= 15 is 0 Å². The van der Waals surface area contributed by atoms with Crippen molar-refractivity contribution >= 4 is 17.6 Å². The molecule has 0 amide bonds. The Kier molecular flexibility index (Phi) is 15.4. The topological polar surface area (TPSA) is 35.5 Å². The van der Waals surface area contributed by atoms with E-state index in [1.54, 1.807) is 0 Å². The third-order valence-corrected chi connectivity index (χ3v) is 7.55. The molecule has 0 fully saturated rings. The lowest BCUT2D eigenvalue weighted by Crippen LogP contribution is -2.27. The summed E-state index contributed by atoms with van der Waals surface area (Å²) in [4.78, 5) is 12.5. The van der Waals surface area contributed by atoms with Crippen molar-refractivity contribution in [3.63, 3.8) is 0 Å². The molecule has 2 aromatic rings. The van der Waals surface area contributed by atoms with Crippen molar-refractivity contribution in [1.82, 2.24) is 0 Å². The zero-order chi connectivity index (χ0) is 26.9. The molecular weight excluding hydrogens is 480 g/mol. The van der Waals surface area contributed by atoms with Gasteiger partial charge in [0.2, 0.25) is 0 Å². The second-order valence-electron chi connectivity index (χ2n) is 10.9. The molecule has 0 heterocycles. The van der Waals surface area contributed by atoms with Gasteiger partial charge in [-0.05, 0) is 60.1 Å². The Morgan fingerprint density at radius 1 is 0.703 bits per heavy atom. The van der Waals surface area contributed by atoms with Gasteiger partial charge in [0, 0.05) is 0 Å². The van der Waals surface area contributed by atoms with Crippen LogP contribution in [0.2, 0.25) is 0 Å². The van der Waals surface area contributed by atoms with Crippen LogP contribution >= 0.6 is 11.6 Å². The number of alkyl halides is 1. The fourth-order valence-corrected chi connectivity index (χ4v) is 4.63. The number of benzene rings is 2. The first kappa shape index (κ1) is 31.2. The first-order chi connectivity index (χ1) is 17.9. The number of rotatable bonds is 19. The molecule has 206 valence electrons. The molecule has 0 aliphatic rings. The molecule has 0 radical (unpaired) electrons. The molecule has 2 atom stereocenters. The van der Waals surface area contributed by atoms with Gasteiger partial charge in [-0.2, -0.15) is 0 Å². The number of hydrogen-bond donors (Lipinski definition) is 0. The summed E-state index contributed by atoms with van der Waals surface area (Å²) in [5, 5.41) is -0.630. The van der Waals surface area contributed by atoms with Crippen molar-refractivity contribution in [2.24, 2.45) is 11.8 Å². The van der Waals surface area contributed by atoms with Crippen LogP contribution in [-0.4, -0.2) is 18.0 Å². The summed E-state index contributed by atoms with van der Waals surface area (Å²) in [5.41, 5.74) is 2.16. The molecule has 2 unspecified atom stereocenters. The minimum Gasteiger partial charge on any atom is -0.494 e. The monoisotopic (exact) mass is 528 g/mol. The van der Waals surface area contributed by atoms with Crippen LogP contribution in [0.4, 0.5) is 0 Å². The van der Waals surface area contributed by atoms with E-state index in [1.807, 2.05) is 43.3 Å². The SMILES string of the molecule is CCCCCCCCCCCOc1ccc(-c2ccc(OC(=O)C(Cl)C(C)CCCC(C)C)cc2)cc1. The van der Waals surface area contributed by atoms with E-state index in [-0.39, 0.29) is 11.9 Å². The Morgan fingerprint density at radius 2 is 1.22 bits per heavy atom. The summed E-state index contributed by atoms with van der Waals surface area (Å²) in [6.45, 7) is 9.48. The number of unbranched alkanes of at least 4 members (excludes halogenated alkanes) is 8. The molecule has 0 aromatic heterocycles. The van der Waals surface area contributed by atoms with Crippen molar-refractivity contribution < 1.29 is 14.3 Å². The molecule has 3 nitrogen and oxygen atoms in total. The Morgan fingerprint density at radius 3 is 1.76 bits per heavy atom. The smallest absolute Gasteiger partial charge is 0.329 e. The maximum Gasteiger partial charge on any atom is 0.329 e.